The average Bonchev–Trinajstić information content (AvgIpc) is 2.16. The molecule has 2 fully saturated rings. The Balaban J connectivity index is 2.05. The molecular formula is C9H18N2. The van der Waals surface area contributed by atoms with E-state index in [0.717, 1.165) is 6.04 Å². The van der Waals surface area contributed by atoms with Gasteiger partial charge in [0.15, 0.2) is 0 Å². The van der Waals surface area contributed by atoms with Gasteiger partial charge in [-0.05, 0) is 33.9 Å². The third-order valence-corrected chi connectivity index (χ3v) is 3.57. The Hall–Kier alpha value is -0.0800. The molecule has 0 N–H and O–H groups in total. The van der Waals surface area contributed by atoms with Crippen LogP contribution in [0.3, 0.4) is 0 Å². The summed E-state index contributed by atoms with van der Waals surface area (Å²) in [5, 5.41) is 0. The summed E-state index contributed by atoms with van der Waals surface area (Å²) in [6.45, 7) is 4.91. The van der Waals surface area contributed by atoms with Crippen LogP contribution in [0.5, 0.6) is 0 Å². The van der Waals surface area contributed by atoms with E-state index in [1.165, 1.54) is 25.9 Å². The van der Waals surface area contributed by atoms with Crippen molar-refractivity contribution in [1.29, 1.82) is 0 Å². The van der Waals surface area contributed by atoms with Crippen LogP contribution in [0.15, 0.2) is 0 Å². The lowest BCUT2D eigenvalue weighted by atomic mass is 9.88. The summed E-state index contributed by atoms with van der Waals surface area (Å²) in [4.78, 5) is 4.99. The number of hydrogen-bond donors (Lipinski definition) is 0. The van der Waals surface area contributed by atoms with Gasteiger partial charge >= 0.3 is 0 Å². The van der Waals surface area contributed by atoms with Crippen LogP contribution in [0.4, 0.5) is 0 Å². The first-order valence-electron chi connectivity index (χ1n) is 4.55. The second kappa shape index (κ2) is 2.20. The highest BCUT2D eigenvalue weighted by Crippen LogP contribution is 2.38. The molecule has 1 unspecified atom stereocenters. The van der Waals surface area contributed by atoms with E-state index in [1.807, 2.05) is 0 Å². The van der Waals surface area contributed by atoms with Gasteiger partial charge in [-0.15, -0.1) is 0 Å². The molecule has 2 heterocycles. The SMILES string of the molecule is CC1CCC2(CN(C)C2)N1C. The van der Waals surface area contributed by atoms with Gasteiger partial charge in [-0.1, -0.05) is 0 Å². The first kappa shape index (κ1) is 7.56. The van der Waals surface area contributed by atoms with E-state index < -0.39 is 0 Å². The molecular weight excluding hydrogens is 136 g/mol. The molecule has 11 heavy (non-hydrogen) atoms. The van der Waals surface area contributed by atoms with Crippen LogP contribution >= 0.6 is 0 Å². The Kier molecular flexibility index (Phi) is 1.52. The van der Waals surface area contributed by atoms with Crippen molar-refractivity contribution < 1.29 is 0 Å². The largest absolute Gasteiger partial charge is 0.303 e. The van der Waals surface area contributed by atoms with E-state index in [4.69, 9.17) is 0 Å². The third kappa shape index (κ3) is 0.926. The Morgan fingerprint density at radius 1 is 1.27 bits per heavy atom. The summed E-state index contributed by atoms with van der Waals surface area (Å²) in [7, 11) is 4.49. The zero-order valence-corrected chi connectivity index (χ0v) is 7.80. The molecule has 2 nitrogen and oxygen atoms in total. The Labute approximate surface area is 69.2 Å². The maximum Gasteiger partial charge on any atom is 0.0463 e. The molecule has 0 saturated carbocycles. The van der Waals surface area contributed by atoms with E-state index >= 15 is 0 Å². The highest BCUT2D eigenvalue weighted by molar-refractivity contribution is 5.07. The van der Waals surface area contributed by atoms with Crippen molar-refractivity contribution in [2.45, 2.75) is 31.3 Å². The standard InChI is InChI=1S/C9H18N2/c1-8-4-5-9(11(8)3)6-10(2)7-9/h8H,4-7H2,1-3H3. The molecule has 0 radical (unpaired) electrons. The van der Waals surface area contributed by atoms with Crippen LogP contribution in [0, 0.1) is 0 Å². The van der Waals surface area contributed by atoms with Gasteiger partial charge in [0.2, 0.25) is 0 Å². The second-order valence-corrected chi connectivity index (χ2v) is 4.40. The first-order chi connectivity index (χ1) is 5.14. The summed E-state index contributed by atoms with van der Waals surface area (Å²) < 4.78 is 0. The molecule has 0 aromatic carbocycles. The summed E-state index contributed by atoms with van der Waals surface area (Å²) in [6, 6.07) is 0.809. The minimum atomic E-state index is 0.578. The van der Waals surface area contributed by atoms with Gasteiger partial charge in [-0.2, -0.15) is 0 Å². The zero-order valence-electron chi connectivity index (χ0n) is 7.80. The van der Waals surface area contributed by atoms with Crippen LogP contribution in [-0.4, -0.2) is 48.6 Å². The lowest BCUT2D eigenvalue weighted by Gasteiger charge is -2.51. The number of rotatable bonds is 0. The van der Waals surface area contributed by atoms with E-state index in [2.05, 4.69) is 30.8 Å². The topological polar surface area (TPSA) is 6.48 Å². The van der Waals surface area contributed by atoms with Gasteiger partial charge in [0.1, 0.15) is 0 Å². The van der Waals surface area contributed by atoms with Crippen molar-refractivity contribution in [3.8, 4) is 0 Å². The number of likely N-dealkylation sites (N-methyl/N-ethyl adjacent to an activating group) is 2. The van der Waals surface area contributed by atoms with Crippen LogP contribution in [0.1, 0.15) is 19.8 Å². The summed E-state index contributed by atoms with van der Waals surface area (Å²) >= 11 is 0. The fourth-order valence-corrected chi connectivity index (χ4v) is 2.65. The predicted octanol–water partition coefficient (Wildman–Crippen LogP) is 0.785. The Bertz CT molecular complexity index is 155. The summed E-state index contributed by atoms with van der Waals surface area (Å²) in [5.74, 6) is 0. The van der Waals surface area contributed by atoms with Gasteiger partial charge in [0.25, 0.3) is 0 Å². The number of hydrogen-bond acceptors (Lipinski definition) is 2. The van der Waals surface area contributed by atoms with E-state index in [1.54, 1.807) is 0 Å². The molecule has 0 amide bonds. The van der Waals surface area contributed by atoms with Gasteiger partial charge < -0.3 is 4.90 Å². The number of likely N-dealkylation sites (tertiary alicyclic amines) is 2. The fraction of sp³-hybridized carbons (Fsp3) is 1.00. The molecule has 2 heteroatoms. The van der Waals surface area contributed by atoms with Crippen molar-refractivity contribution in [3.63, 3.8) is 0 Å². The smallest absolute Gasteiger partial charge is 0.0463 e. The van der Waals surface area contributed by atoms with Crippen LogP contribution in [-0.2, 0) is 0 Å². The maximum absolute atomic E-state index is 2.58. The zero-order chi connectivity index (χ0) is 8.06. The van der Waals surface area contributed by atoms with Gasteiger partial charge in [-0.3, -0.25) is 4.90 Å². The van der Waals surface area contributed by atoms with Crippen molar-refractivity contribution >= 4 is 0 Å². The van der Waals surface area contributed by atoms with Crippen molar-refractivity contribution in [3.05, 3.63) is 0 Å². The van der Waals surface area contributed by atoms with E-state index in [-0.39, 0.29) is 0 Å². The summed E-state index contributed by atoms with van der Waals surface area (Å²) in [6.07, 6.45) is 2.80. The molecule has 1 atom stereocenters. The van der Waals surface area contributed by atoms with Gasteiger partial charge in [0.05, 0.1) is 0 Å². The highest BCUT2D eigenvalue weighted by atomic mass is 15.4. The van der Waals surface area contributed by atoms with Crippen molar-refractivity contribution in [1.82, 2.24) is 9.80 Å². The first-order valence-corrected chi connectivity index (χ1v) is 4.55. The van der Waals surface area contributed by atoms with Crippen molar-refractivity contribution in [2.75, 3.05) is 27.2 Å². The lowest BCUT2D eigenvalue weighted by molar-refractivity contribution is -0.0110. The maximum atomic E-state index is 2.58. The third-order valence-electron chi connectivity index (χ3n) is 3.57. The molecule has 2 aliphatic heterocycles. The van der Waals surface area contributed by atoms with Crippen LogP contribution in [0.25, 0.3) is 0 Å². The predicted molar refractivity (Wildman–Crippen MR) is 46.7 cm³/mol. The van der Waals surface area contributed by atoms with Crippen LogP contribution in [0.2, 0.25) is 0 Å². The molecule has 0 aromatic rings. The van der Waals surface area contributed by atoms with Crippen LogP contribution < -0.4 is 0 Å². The molecule has 64 valence electrons. The summed E-state index contributed by atoms with van der Waals surface area (Å²) in [5.41, 5.74) is 0.578. The Morgan fingerprint density at radius 2 is 1.91 bits per heavy atom. The molecule has 0 aliphatic carbocycles. The molecule has 2 rings (SSSR count). The van der Waals surface area contributed by atoms with Gasteiger partial charge in [-0.25, -0.2) is 0 Å². The lowest BCUT2D eigenvalue weighted by Crippen LogP contribution is -2.66. The minimum absolute atomic E-state index is 0.578. The fourth-order valence-electron chi connectivity index (χ4n) is 2.65. The molecule has 1 spiro atoms. The minimum Gasteiger partial charge on any atom is -0.303 e. The quantitative estimate of drug-likeness (QED) is 0.509. The van der Waals surface area contributed by atoms with Gasteiger partial charge in [0, 0.05) is 24.7 Å². The number of nitrogens with zero attached hydrogens (tertiary/aromatic N) is 2. The van der Waals surface area contributed by atoms with Crippen molar-refractivity contribution in [2.24, 2.45) is 0 Å². The highest BCUT2D eigenvalue weighted by Gasteiger charge is 2.49. The van der Waals surface area contributed by atoms with E-state index in [0.29, 0.717) is 5.54 Å². The molecule has 0 aromatic heterocycles. The average molecular weight is 154 g/mol. The molecule has 2 aliphatic rings. The van der Waals surface area contributed by atoms with E-state index in [9.17, 15) is 0 Å². The second-order valence-electron chi connectivity index (χ2n) is 4.40. The normalized spacial score (nSPS) is 37.9. The Morgan fingerprint density at radius 3 is 2.27 bits per heavy atom. The molecule has 0 bridgehead atoms. The monoisotopic (exact) mass is 154 g/mol. The molecule has 2 saturated heterocycles.